The van der Waals surface area contributed by atoms with E-state index in [1.807, 2.05) is 49.4 Å². The summed E-state index contributed by atoms with van der Waals surface area (Å²) in [5, 5.41) is 7.58. The second kappa shape index (κ2) is 8.68. The molecular weight excluding hydrogens is 324 g/mol. The van der Waals surface area contributed by atoms with E-state index in [-0.39, 0.29) is 5.91 Å². The molecule has 0 atom stereocenters. The van der Waals surface area contributed by atoms with Crippen LogP contribution in [-0.2, 0) is 19.5 Å². The SMILES string of the molecule is CCCNC(=O)c1cccc(CNCc2c(CC)oc3ccccc23)c1. The quantitative estimate of drug-likeness (QED) is 0.632. The Morgan fingerprint density at radius 1 is 1.04 bits per heavy atom. The highest BCUT2D eigenvalue weighted by atomic mass is 16.3. The summed E-state index contributed by atoms with van der Waals surface area (Å²) < 4.78 is 5.95. The Morgan fingerprint density at radius 3 is 2.69 bits per heavy atom. The smallest absolute Gasteiger partial charge is 0.251 e. The minimum absolute atomic E-state index is 0.0113. The highest BCUT2D eigenvalue weighted by Gasteiger charge is 2.12. The fourth-order valence-electron chi connectivity index (χ4n) is 3.12. The van der Waals surface area contributed by atoms with E-state index in [4.69, 9.17) is 4.42 Å². The summed E-state index contributed by atoms with van der Waals surface area (Å²) in [6, 6.07) is 15.9. The number of carbonyl (C=O) groups excluding carboxylic acids is 1. The van der Waals surface area contributed by atoms with Crippen LogP contribution in [0.25, 0.3) is 11.0 Å². The van der Waals surface area contributed by atoms with Crippen molar-refractivity contribution in [2.75, 3.05) is 6.54 Å². The number of hydrogen-bond donors (Lipinski definition) is 2. The van der Waals surface area contributed by atoms with Crippen molar-refractivity contribution in [3.63, 3.8) is 0 Å². The van der Waals surface area contributed by atoms with E-state index in [1.54, 1.807) is 0 Å². The monoisotopic (exact) mass is 350 g/mol. The van der Waals surface area contributed by atoms with Crippen molar-refractivity contribution >= 4 is 16.9 Å². The number of furan rings is 1. The summed E-state index contributed by atoms with van der Waals surface area (Å²) in [6.45, 7) is 6.31. The predicted molar refractivity (Wildman–Crippen MR) is 105 cm³/mol. The van der Waals surface area contributed by atoms with Gasteiger partial charge in [0.1, 0.15) is 11.3 Å². The van der Waals surface area contributed by atoms with Gasteiger partial charge in [-0.3, -0.25) is 4.79 Å². The van der Waals surface area contributed by atoms with Gasteiger partial charge in [-0.2, -0.15) is 0 Å². The topological polar surface area (TPSA) is 54.3 Å². The number of amides is 1. The van der Waals surface area contributed by atoms with Crippen LogP contribution in [0.2, 0.25) is 0 Å². The zero-order chi connectivity index (χ0) is 18.4. The van der Waals surface area contributed by atoms with Gasteiger partial charge in [0.2, 0.25) is 0 Å². The third-order valence-corrected chi connectivity index (χ3v) is 4.46. The number of rotatable bonds is 8. The summed E-state index contributed by atoms with van der Waals surface area (Å²) in [6.07, 6.45) is 1.81. The summed E-state index contributed by atoms with van der Waals surface area (Å²) in [5.74, 6) is 1.02. The Bertz CT molecular complexity index is 883. The van der Waals surface area contributed by atoms with Crippen LogP contribution in [0.15, 0.2) is 52.9 Å². The number of para-hydroxylation sites is 1. The second-order valence-electron chi connectivity index (χ2n) is 6.41. The molecule has 3 aromatic rings. The molecule has 1 aromatic heterocycles. The van der Waals surface area contributed by atoms with Crippen LogP contribution >= 0.6 is 0 Å². The number of hydrogen-bond acceptors (Lipinski definition) is 3. The molecule has 3 rings (SSSR count). The molecule has 0 spiro atoms. The first kappa shape index (κ1) is 18.2. The number of nitrogens with one attached hydrogen (secondary N) is 2. The number of carbonyl (C=O) groups is 1. The largest absolute Gasteiger partial charge is 0.461 e. The molecule has 0 aliphatic rings. The molecule has 136 valence electrons. The van der Waals surface area contributed by atoms with Crippen LogP contribution in [0.4, 0.5) is 0 Å². The van der Waals surface area contributed by atoms with Crippen molar-refractivity contribution in [3.05, 3.63) is 71.0 Å². The molecule has 0 aliphatic heterocycles. The fourth-order valence-corrected chi connectivity index (χ4v) is 3.12. The molecule has 2 N–H and O–H groups in total. The zero-order valence-electron chi connectivity index (χ0n) is 15.5. The van der Waals surface area contributed by atoms with Crippen molar-refractivity contribution in [1.29, 1.82) is 0 Å². The van der Waals surface area contributed by atoms with Gasteiger partial charge in [0.05, 0.1) is 0 Å². The molecule has 0 saturated carbocycles. The predicted octanol–water partition coefficient (Wildman–Crippen LogP) is 4.42. The highest BCUT2D eigenvalue weighted by molar-refractivity contribution is 5.94. The Kier molecular flexibility index (Phi) is 6.08. The van der Waals surface area contributed by atoms with Gasteiger partial charge in [0.25, 0.3) is 5.91 Å². The van der Waals surface area contributed by atoms with Gasteiger partial charge in [-0.15, -0.1) is 0 Å². The van der Waals surface area contributed by atoms with E-state index in [2.05, 4.69) is 23.6 Å². The zero-order valence-corrected chi connectivity index (χ0v) is 15.5. The summed E-state index contributed by atoms with van der Waals surface area (Å²) in [4.78, 5) is 12.1. The third kappa shape index (κ3) is 4.14. The normalized spacial score (nSPS) is 11.0. The minimum atomic E-state index is -0.0113. The van der Waals surface area contributed by atoms with Crippen LogP contribution < -0.4 is 10.6 Å². The lowest BCUT2D eigenvalue weighted by molar-refractivity contribution is 0.0953. The number of fused-ring (bicyclic) bond motifs is 1. The molecule has 0 bridgehead atoms. The van der Waals surface area contributed by atoms with Gasteiger partial charge in [0, 0.05) is 42.6 Å². The molecule has 0 radical (unpaired) electrons. The first-order valence-electron chi connectivity index (χ1n) is 9.30. The van der Waals surface area contributed by atoms with E-state index in [0.717, 1.165) is 36.3 Å². The van der Waals surface area contributed by atoms with Crippen molar-refractivity contribution in [3.8, 4) is 0 Å². The highest BCUT2D eigenvalue weighted by Crippen LogP contribution is 2.26. The maximum atomic E-state index is 12.1. The summed E-state index contributed by atoms with van der Waals surface area (Å²) in [5.41, 5.74) is 3.97. The first-order chi connectivity index (χ1) is 12.7. The van der Waals surface area contributed by atoms with Crippen LogP contribution in [0.1, 0.15) is 47.5 Å². The number of benzene rings is 2. The molecule has 2 aromatic carbocycles. The van der Waals surface area contributed by atoms with Crippen molar-refractivity contribution in [1.82, 2.24) is 10.6 Å². The van der Waals surface area contributed by atoms with Crippen LogP contribution in [0, 0.1) is 0 Å². The van der Waals surface area contributed by atoms with Gasteiger partial charge >= 0.3 is 0 Å². The lowest BCUT2D eigenvalue weighted by atomic mass is 10.1. The maximum Gasteiger partial charge on any atom is 0.251 e. The van der Waals surface area contributed by atoms with Gasteiger partial charge < -0.3 is 15.1 Å². The van der Waals surface area contributed by atoms with Crippen LogP contribution in [0.3, 0.4) is 0 Å². The van der Waals surface area contributed by atoms with Crippen LogP contribution in [0.5, 0.6) is 0 Å². The van der Waals surface area contributed by atoms with Gasteiger partial charge in [-0.05, 0) is 30.2 Å². The molecule has 1 amide bonds. The molecule has 1 heterocycles. The minimum Gasteiger partial charge on any atom is -0.461 e. The van der Waals surface area contributed by atoms with E-state index in [0.29, 0.717) is 18.7 Å². The third-order valence-electron chi connectivity index (χ3n) is 4.46. The molecular formula is C22H26N2O2. The Balaban J connectivity index is 1.66. The molecule has 0 aliphatic carbocycles. The fraction of sp³-hybridized carbons (Fsp3) is 0.318. The van der Waals surface area contributed by atoms with E-state index in [9.17, 15) is 4.79 Å². The maximum absolute atomic E-state index is 12.1. The number of aryl methyl sites for hydroxylation is 1. The first-order valence-corrected chi connectivity index (χ1v) is 9.30. The van der Waals surface area contributed by atoms with E-state index >= 15 is 0 Å². The lowest BCUT2D eigenvalue weighted by Crippen LogP contribution is -2.24. The molecule has 26 heavy (non-hydrogen) atoms. The Morgan fingerprint density at radius 2 is 1.88 bits per heavy atom. The van der Waals surface area contributed by atoms with Crippen molar-refractivity contribution in [2.45, 2.75) is 39.8 Å². The summed E-state index contributed by atoms with van der Waals surface area (Å²) in [7, 11) is 0. The Labute approximate surface area is 154 Å². The van der Waals surface area contributed by atoms with Gasteiger partial charge in [-0.1, -0.05) is 44.2 Å². The second-order valence-corrected chi connectivity index (χ2v) is 6.41. The molecule has 4 nitrogen and oxygen atoms in total. The average Bonchev–Trinajstić information content (AvgIpc) is 3.04. The lowest BCUT2D eigenvalue weighted by Gasteiger charge is -2.08. The molecule has 4 heteroatoms. The van der Waals surface area contributed by atoms with Crippen LogP contribution in [-0.4, -0.2) is 12.5 Å². The van der Waals surface area contributed by atoms with Gasteiger partial charge in [-0.25, -0.2) is 0 Å². The van der Waals surface area contributed by atoms with Gasteiger partial charge in [0.15, 0.2) is 0 Å². The average molecular weight is 350 g/mol. The molecule has 0 saturated heterocycles. The van der Waals surface area contributed by atoms with E-state index < -0.39 is 0 Å². The van der Waals surface area contributed by atoms with E-state index in [1.165, 1.54) is 10.9 Å². The standard InChI is InChI=1S/C22H26N2O2/c1-3-12-24-22(25)17-9-7-8-16(13-17)14-23-15-19-18-10-5-6-11-21(18)26-20(19)4-2/h5-11,13,23H,3-4,12,14-15H2,1-2H3,(H,24,25). The van der Waals surface area contributed by atoms with Crippen molar-refractivity contribution in [2.24, 2.45) is 0 Å². The Hall–Kier alpha value is -2.59. The molecule has 0 fully saturated rings. The van der Waals surface area contributed by atoms with Crippen molar-refractivity contribution < 1.29 is 9.21 Å². The molecule has 0 unspecified atom stereocenters. The summed E-state index contributed by atoms with van der Waals surface area (Å²) >= 11 is 0.